The van der Waals surface area contributed by atoms with Crippen LogP contribution in [0.4, 0.5) is 8.78 Å². The first-order valence-electron chi connectivity index (χ1n) is 7.79. The fraction of sp³-hybridized carbons (Fsp3) is 0.222. The summed E-state index contributed by atoms with van der Waals surface area (Å²) in [4.78, 5) is 21.6. The van der Waals surface area contributed by atoms with Crippen LogP contribution in [0.25, 0.3) is 22.4 Å². The topological polar surface area (TPSA) is 45.8 Å². The normalized spacial score (nSPS) is 14.4. The number of fused-ring (bicyclic) bond motifs is 3. The van der Waals surface area contributed by atoms with E-state index in [9.17, 15) is 13.6 Å². The van der Waals surface area contributed by atoms with Gasteiger partial charge in [0, 0.05) is 16.5 Å². The summed E-state index contributed by atoms with van der Waals surface area (Å²) >= 11 is 1.57. The van der Waals surface area contributed by atoms with Gasteiger partial charge in [-0.1, -0.05) is 0 Å². The molecule has 1 aromatic carbocycles. The maximum atomic E-state index is 13.7. The van der Waals surface area contributed by atoms with Crippen LogP contribution in [0.2, 0.25) is 0 Å². The van der Waals surface area contributed by atoms with E-state index in [1.54, 1.807) is 11.3 Å². The van der Waals surface area contributed by atoms with Crippen molar-refractivity contribution in [3.8, 4) is 0 Å². The molecule has 0 radical (unpaired) electrons. The van der Waals surface area contributed by atoms with Gasteiger partial charge in [0.15, 0.2) is 0 Å². The van der Waals surface area contributed by atoms with E-state index < -0.39 is 11.6 Å². The van der Waals surface area contributed by atoms with Crippen LogP contribution in [-0.4, -0.2) is 9.97 Å². The lowest BCUT2D eigenvalue weighted by Gasteiger charge is -2.09. The van der Waals surface area contributed by atoms with Gasteiger partial charge in [-0.25, -0.2) is 13.8 Å². The van der Waals surface area contributed by atoms with Crippen LogP contribution in [-0.2, 0) is 12.8 Å². The Morgan fingerprint density at radius 3 is 2.83 bits per heavy atom. The molecule has 1 N–H and O–H groups in total. The maximum Gasteiger partial charge on any atom is 0.260 e. The predicted octanol–water partition coefficient (Wildman–Crippen LogP) is 4.31. The third kappa shape index (κ3) is 2.67. The van der Waals surface area contributed by atoms with Gasteiger partial charge in [-0.05, 0) is 55.5 Å². The van der Waals surface area contributed by atoms with Crippen LogP contribution in [0.15, 0.2) is 23.0 Å². The molecule has 1 aliphatic rings. The molecule has 3 nitrogen and oxygen atoms in total. The summed E-state index contributed by atoms with van der Waals surface area (Å²) in [6.07, 6.45) is 7.19. The highest BCUT2D eigenvalue weighted by Gasteiger charge is 2.19. The zero-order valence-electron chi connectivity index (χ0n) is 12.7. The minimum absolute atomic E-state index is 0.154. The van der Waals surface area contributed by atoms with Crippen molar-refractivity contribution in [2.24, 2.45) is 0 Å². The number of halogens is 2. The number of rotatable bonds is 2. The van der Waals surface area contributed by atoms with E-state index >= 15 is 0 Å². The Kier molecular flexibility index (Phi) is 3.76. The van der Waals surface area contributed by atoms with E-state index in [2.05, 4.69) is 9.97 Å². The molecular formula is C18H14F2N2OS. The Labute approximate surface area is 140 Å². The molecule has 0 atom stereocenters. The van der Waals surface area contributed by atoms with Crippen LogP contribution in [0.3, 0.4) is 0 Å². The SMILES string of the molecule is O=c1[nH]c(/C=C/c2ccc(F)cc2F)nc2sc3c(c12)CCCC3. The summed E-state index contributed by atoms with van der Waals surface area (Å²) in [7, 11) is 0. The monoisotopic (exact) mass is 344 g/mol. The van der Waals surface area contributed by atoms with Gasteiger partial charge in [-0.3, -0.25) is 4.79 Å². The number of nitrogens with zero attached hydrogens (tertiary/aromatic N) is 1. The highest BCUT2D eigenvalue weighted by atomic mass is 32.1. The Morgan fingerprint density at radius 1 is 1.17 bits per heavy atom. The quantitative estimate of drug-likeness (QED) is 0.753. The third-order valence-electron chi connectivity index (χ3n) is 4.23. The van der Waals surface area contributed by atoms with Crippen molar-refractivity contribution >= 4 is 33.7 Å². The van der Waals surface area contributed by atoms with Gasteiger partial charge in [0.05, 0.1) is 5.39 Å². The molecule has 6 heteroatoms. The Morgan fingerprint density at radius 2 is 2.00 bits per heavy atom. The minimum Gasteiger partial charge on any atom is -0.306 e. The summed E-state index contributed by atoms with van der Waals surface area (Å²) in [6, 6.07) is 3.36. The molecule has 0 saturated heterocycles. The van der Waals surface area contributed by atoms with E-state index in [4.69, 9.17) is 0 Å². The molecule has 0 fully saturated rings. The average molecular weight is 344 g/mol. The molecule has 0 amide bonds. The van der Waals surface area contributed by atoms with Crippen molar-refractivity contribution in [3.05, 3.63) is 62.0 Å². The molecule has 24 heavy (non-hydrogen) atoms. The van der Waals surface area contributed by atoms with Crippen molar-refractivity contribution in [2.75, 3.05) is 0 Å². The van der Waals surface area contributed by atoms with Crippen molar-refractivity contribution in [2.45, 2.75) is 25.7 Å². The second kappa shape index (κ2) is 5.94. The van der Waals surface area contributed by atoms with Crippen molar-refractivity contribution in [3.63, 3.8) is 0 Å². The second-order valence-corrected chi connectivity index (χ2v) is 6.93. The summed E-state index contributed by atoms with van der Waals surface area (Å²) in [5.74, 6) is -0.905. The number of hydrogen-bond donors (Lipinski definition) is 1. The number of aromatic nitrogens is 2. The lowest BCUT2D eigenvalue weighted by atomic mass is 9.97. The van der Waals surface area contributed by atoms with Gasteiger partial charge in [0.25, 0.3) is 5.56 Å². The van der Waals surface area contributed by atoms with Crippen LogP contribution >= 0.6 is 11.3 Å². The Balaban J connectivity index is 1.75. The molecule has 0 spiro atoms. The van der Waals surface area contributed by atoms with Gasteiger partial charge in [0.2, 0.25) is 0 Å². The number of aromatic amines is 1. The predicted molar refractivity (Wildman–Crippen MR) is 92.2 cm³/mol. The molecule has 2 heterocycles. The number of nitrogens with one attached hydrogen (secondary N) is 1. The molecular weight excluding hydrogens is 330 g/mol. The molecule has 0 saturated carbocycles. The van der Waals surface area contributed by atoms with Crippen molar-refractivity contribution in [1.29, 1.82) is 0 Å². The molecule has 0 unspecified atom stereocenters. The highest BCUT2D eigenvalue weighted by molar-refractivity contribution is 7.18. The lowest BCUT2D eigenvalue weighted by molar-refractivity contribution is 0.581. The average Bonchev–Trinajstić information content (AvgIpc) is 2.92. The first-order chi connectivity index (χ1) is 11.6. The van der Waals surface area contributed by atoms with E-state index in [0.29, 0.717) is 11.2 Å². The number of benzene rings is 1. The molecule has 0 aliphatic heterocycles. The van der Waals surface area contributed by atoms with Crippen LogP contribution < -0.4 is 5.56 Å². The number of thiophene rings is 1. The van der Waals surface area contributed by atoms with Gasteiger partial charge in [-0.15, -0.1) is 11.3 Å². The largest absolute Gasteiger partial charge is 0.306 e. The maximum absolute atomic E-state index is 13.7. The summed E-state index contributed by atoms with van der Waals surface area (Å²) < 4.78 is 26.6. The highest BCUT2D eigenvalue weighted by Crippen LogP contribution is 2.33. The smallest absolute Gasteiger partial charge is 0.260 e. The standard InChI is InChI=1S/C18H14F2N2OS/c19-11-7-5-10(13(20)9-11)6-8-15-21-17(23)16-12-3-1-2-4-14(12)24-18(16)22-15/h5-9H,1-4H2,(H,21,22,23)/b8-6+. The third-order valence-corrected chi connectivity index (χ3v) is 5.41. The summed E-state index contributed by atoms with van der Waals surface area (Å²) in [6.45, 7) is 0. The first kappa shape index (κ1) is 15.2. The number of H-pyrrole nitrogens is 1. The van der Waals surface area contributed by atoms with Gasteiger partial charge < -0.3 is 4.98 Å². The fourth-order valence-electron chi connectivity index (χ4n) is 3.06. The van der Waals surface area contributed by atoms with Crippen LogP contribution in [0.1, 0.15) is 34.7 Å². The van der Waals surface area contributed by atoms with Gasteiger partial charge >= 0.3 is 0 Å². The zero-order valence-corrected chi connectivity index (χ0v) is 13.6. The second-order valence-electron chi connectivity index (χ2n) is 5.84. The molecule has 3 aromatic rings. The molecule has 4 rings (SSSR count). The first-order valence-corrected chi connectivity index (χ1v) is 8.61. The van der Waals surface area contributed by atoms with E-state index in [0.717, 1.165) is 42.1 Å². The number of hydrogen-bond acceptors (Lipinski definition) is 3. The van der Waals surface area contributed by atoms with Gasteiger partial charge in [-0.2, -0.15) is 0 Å². The molecule has 122 valence electrons. The zero-order chi connectivity index (χ0) is 16.7. The van der Waals surface area contributed by atoms with E-state index in [-0.39, 0.29) is 11.1 Å². The Bertz CT molecular complexity index is 1020. The van der Waals surface area contributed by atoms with Crippen LogP contribution in [0.5, 0.6) is 0 Å². The van der Waals surface area contributed by atoms with Crippen molar-refractivity contribution in [1.82, 2.24) is 9.97 Å². The van der Waals surface area contributed by atoms with Crippen LogP contribution in [0, 0.1) is 11.6 Å². The lowest BCUT2D eigenvalue weighted by Crippen LogP contribution is -2.11. The molecule has 2 aromatic heterocycles. The van der Waals surface area contributed by atoms with E-state index in [1.807, 2.05) is 0 Å². The Hall–Kier alpha value is -2.34. The molecule has 1 aliphatic carbocycles. The van der Waals surface area contributed by atoms with Crippen molar-refractivity contribution < 1.29 is 8.78 Å². The minimum atomic E-state index is -0.652. The number of aryl methyl sites for hydroxylation is 2. The van der Waals surface area contributed by atoms with Gasteiger partial charge in [0.1, 0.15) is 22.3 Å². The summed E-state index contributed by atoms with van der Waals surface area (Å²) in [5, 5.41) is 0.694. The molecule has 0 bridgehead atoms. The fourth-order valence-corrected chi connectivity index (χ4v) is 4.33. The van der Waals surface area contributed by atoms with E-state index in [1.165, 1.54) is 29.2 Å². The summed E-state index contributed by atoms with van der Waals surface area (Å²) in [5.41, 5.74) is 1.22.